The smallest absolute Gasteiger partial charge is 0.335 e. The summed E-state index contributed by atoms with van der Waals surface area (Å²) < 4.78 is 0. The zero-order chi connectivity index (χ0) is 33.8. The Balaban J connectivity index is 1.67. The number of pyridine rings is 1. The molecule has 0 bridgehead atoms. The molecule has 4 aromatic rings. The first-order valence-electron chi connectivity index (χ1n) is 16.6. The predicted molar refractivity (Wildman–Crippen MR) is 189 cm³/mol. The quantitative estimate of drug-likeness (QED) is 0.124. The van der Waals surface area contributed by atoms with E-state index >= 15 is 0 Å². The van der Waals surface area contributed by atoms with Crippen LogP contribution in [0.1, 0.15) is 92.6 Å². The predicted octanol–water partition coefficient (Wildman–Crippen LogP) is 7.90. The number of H-pyrrole nitrogens is 1. The number of aromatic carboxylic acids is 1. The van der Waals surface area contributed by atoms with Crippen LogP contribution in [0.4, 0.5) is 0 Å². The molecule has 1 unspecified atom stereocenters. The number of nitrogens with zero attached hydrogens (tertiary/aromatic N) is 2. The average Bonchev–Trinajstić information content (AvgIpc) is 3.37. The Kier molecular flexibility index (Phi) is 11.1. The fourth-order valence-corrected chi connectivity index (χ4v) is 6.40. The fourth-order valence-electron chi connectivity index (χ4n) is 6.40. The normalized spacial score (nSPS) is 12.7. The van der Waals surface area contributed by atoms with Gasteiger partial charge < -0.3 is 20.3 Å². The maximum absolute atomic E-state index is 14.1. The molecule has 1 atom stereocenters. The first-order chi connectivity index (χ1) is 21.7. The average molecular weight is 625 g/mol. The zero-order valence-electron chi connectivity index (χ0n) is 29.1. The first kappa shape index (κ1) is 34.9. The Hall–Kier alpha value is -3.97. The Labute approximate surface area is 274 Å². The van der Waals surface area contributed by atoms with Crippen molar-refractivity contribution < 1.29 is 14.7 Å². The van der Waals surface area contributed by atoms with Gasteiger partial charge in [0.2, 0.25) is 5.91 Å². The van der Waals surface area contributed by atoms with Crippen molar-refractivity contribution in [2.75, 3.05) is 26.2 Å². The molecule has 46 heavy (non-hydrogen) atoms. The summed E-state index contributed by atoms with van der Waals surface area (Å²) in [6, 6.07) is 15.9. The third-order valence-electron chi connectivity index (χ3n) is 8.65. The molecule has 0 saturated heterocycles. The standard InChI is InChI=1S/C39H52N4O3/c1-24(2)22-43(23-25(3)4)38(46)39(8,9)32-19-33-34(28(7)20-40-15-14-29-10-12-30(13-11-29)37(44)45)35(42-36(33)41-21-32)31-17-26(5)16-27(6)18-31/h10-13,16-19,21,24-25,28,40H,14-15,20,22-23H2,1-9H3,(H,41,42)(H,44,45). The molecule has 2 aromatic carbocycles. The first-order valence-corrected chi connectivity index (χ1v) is 16.6. The van der Waals surface area contributed by atoms with Gasteiger partial charge in [-0.1, -0.05) is 63.9 Å². The van der Waals surface area contributed by atoms with E-state index in [0.717, 1.165) is 66.0 Å². The van der Waals surface area contributed by atoms with Gasteiger partial charge in [0, 0.05) is 31.2 Å². The number of carbonyl (C=O) groups excluding carboxylic acids is 1. The van der Waals surface area contributed by atoms with Crippen LogP contribution in [0.25, 0.3) is 22.3 Å². The van der Waals surface area contributed by atoms with Gasteiger partial charge in [-0.25, -0.2) is 9.78 Å². The van der Waals surface area contributed by atoms with Crippen LogP contribution in [0.3, 0.4) is 0 Å². The molecule has 7 nitrogen and oxygen atoms in total. The minimum atomic E-state index is -0.911. The summed E-state index contributed by atoms with van der Waals surface area (Å²) >= 11 is 0. The van der Waals surface area contributed by atoms with Crippen LogP contribution in [0.5, 0.6) is 0 Å². The van der Waals surface area contributed by atoms with E-state index in [1.165, 1.54) is 16.7 Å². The lowest BCUT2D eigenvalue weighted by atomic mass is 9.82. The highest BCUT2D eigenvalue weighted by Gasteiger charge is 2.35. The molecule has 2 aromatic heterocycles. The summed E-state index contributed by atoms with van der Waals surface area (Å²) in [6.07, 6.45) is 2.67. The number of carbonyl (C=O) groups is 2. The molecular weight excluding hydrogens is 572 g/mol. The number of carboxylic acids is 1. The number of nitrogens with one attached hydrogen (secondary N) is 2. The van der Waals surface area contributed by atoms with Gasteiger partial charge in [-0.15, -0.1) is 0 Å². The second-order valence-electron chi connectivity index (χ2n) is 14.4. The van der Waals surface area contributed by atoms with Crippen molar-refractivity contribution in [2.45, 2.75) is 80.1 Å². The molecule has 0 aliphatic carbocycles. The molecule has 0 aliphatic rings. The van der Waals surface area contributed by atoms with E-state index in [0.29, 0.717) is 17.4 Å². The number of aryl methyl sites for hydroxylation is 2. The van der Waals surface area contributed by atoms with E-state index in [9.17, 15) is 14.7 Å². The summed E-state index contributed by atoms with van der Waals surface area (Å²) in [4.78, 5) is 35.9. The van der Waals surface area contributed by atoms with E-state index in [-0.39, 0.29) is 11.8 Å². The Morgan fingerprint density at radius 2 is 1.54 bits per heavy atom. The fraction of sp³-hybridized carbons (Fsp3) is 0.462. The Morgan fingerprint density at radius 3 is 2.11 bits per heavy atom. The topological polar surface area (TPSA) is 98.3 Å². The largest absolute Gasteiger partial charge is 0.478 e. The lowest BCUT2D eigenvalue weighted by Gasteiger charge is -2.34. The second-order valence-corrected chi connectivity index (χ2v) is 14.4. The molecule has 0 aliphatic heterocycles. The maximum Gasteiger partial charge on any atom is 0.335 e. The molecular formula is C39H52N4O3. The number of hydrogen-bond acceptors (Lipinski definition) is 4. The number of aromatic amines is 1. The number of aromatic nitrogens is 2. The van der Waals surface area contributed by atoms with Crippen molar-refractivity contribution in [3.63, 3.8) is 0 Å². The number of amides is 1. The molecule has 7 heteroatoms. The van der Waals surface area contributed by atoms with Crippen molar-refractivity contribution in [1.82, 2.24) is 20.2 Å². The minimum absolute atomic E-state index is 0.133. The van der Waals surface area contributed by atoms with E-state index in [4.69, 9.17) is 4.98 Å². The van der Waals surface area contributed by atoms with Gasteiger partial charge in [-0.05, 0) is 111 Å². The maximum atomic E-state index is 14.1. The molecule has 4 rings (SSSR count). The van der Waals surface area contributed by atoms with Crippen LogP contribution in [-0.4, -0.2) is 58.0 Å². The van der Waals surface area contributed by atoms with Crippen LogP contribution in [0.2, 0.25) is 0 Å². The minimum Gasteiger partial charge on any atom is -0.478 e. The van der Waals surface area contributed by atoms with Crippen molar-refractivity contribution in [3.8, 4) is 11.3 Å². The molecule has 2 heterocycles. The summed E-state index contributed by atoms with van der Waals surface area (Å²) in [5, 5.41) is 13.9. The number of rotatable bonds is 14. The Bertz CT molecular complexity index is 1640. The zero-order valence-corrected chi connectivity index (χ0v) is 29.1. The van der Waals surface area contributed by atoms with Gasteiger partial charge in [-0.3, -0.25) is 4.79 Å². The molecule has 0 radical (unpaired) electrons. The Morgan fingerprint density at radius 1 is 0.935 bits per heavy atom. The molecule has 3 N–H and O–H groups in total. The molecule has 0 fully saturated rings. The summed E-state index contributed by atoms with van der Waals surface area (Å²) in [6.45, 7) is 22.1. The highest BCUT2D eigenvalue weighted by atomic mass is 16.4. The number of fused-ring (bicyclic) bond motifs is 1. The van der Waals surface area contributed by atoms with Crippen LogP contribution >= 0.6 is 0 Å². The van der Waals surface area contributed by atoms with Gasteiger partial charge in [0.25, 0.3) is 0 Å². The van der Waals surface area contributed by atoms with Crippen LogP contribution in [0, 0.1) is 25.7 Å². The number of benzene rings is 2. The molecule has 246 valence electrons. The highest BCUT2D eigenvalue weighted by molar-refractivity contribution is 5.93. The lowest BCUT2D eigenvalue weighted by molar-refractivity contribution is -0.137. The lowest BCUT2D eigenvalue weighted by Crippen LogP contribution is -2.46. The number of hydrogen-bond donors (Lipinski definition) is 3. The van der Waals surface area contributed by atoms with Gasteiger partial charge in [-0.2, -0.15) is 0 Å². The third kappa shape index (κ3) is 8.24. The van der Waals surface area contributed by atoms with Crippen molar-refractivity contribution in [3.05, 3.63) is 88.1 Å². The van der Waals surface area contributed by atoms with Gasteiger partial charge in [0.05, 0.1) is 16.7 Å². The summed E-state index contributed by atoms with van der Waals surface area (Å²) in [5.41, 5.74) is 8.19. The second kappa shape index (κ2) is 14.6. The summed E-state index contributed by atoms with van der Waals surface area (Å²) in [7, 11) is 0. The monoisotopic (exact) mass is 624 g/mol. The SMILES string of the molecule is Cc1cc(C)cc(-c2[nH]c3ncc(C(C)(C)C(=O)N(CC(C)C)CC(C)C)cc3c2C(C)CNCCc2ccc(C(=O)O)cc2)c1. The van der Waals surface area contributed by atoms with E-state index in [2.05, 4.69) is 83.0 Å². The van der Waals surface area contributed by atoms with Crippen LogP contribution in [-0.2, 0) is 16.6 Å². The van der Waals surface area contributed by atoms with Crippen molar-refractivity contribution >= 4 is 22.9 Å². The molecule has 0 spiro atoms. The van der Waals surface area contributed by atoms with Crippen LogP contribution < -0.4 is 5.32 Å². The molecule has 0 saturated carbocycles. The highest BCUT2D eigenvalue weighted by Crippen LogP contribution is 2.38. The number of carboxylic acid groups (broad SMARTS) is 1. The summed E-state index contributed by atoms with van der Waals surface area (Å²) in [5.74, 6) is 0.133. The molecule has 1 amide bonds. The third-order valence-corrected chi connectivity index (χ3v) is 8.65. The van der Waals surface area contributed by atoms with Gasteiger partial charge >= 0.3 is 5.97 Å². The van der Waals surface area contributed by atoms with Crippen molar-refractivity contribution in [2.24, 2.45) is 11.8 Å². The van der Waals surface area contributed by atoms with E-state index < -0.39 is 11.4 Å². The van der Waals surface area contributed by atoms with Crippen molar-refractivity contribution in [1.29, 1.82) is 0 Å². The van der Waals surface area contributed by atoms with Gasteiger partial charge in [0.15, 0.2) is 0 Å². The van der Waals surface area contributed by atoms with Gasteiger partial charge in [0.1, 0.15) is 5.65 Å². The van der Waals surface area contributed by atoms with E-state index in [1.807, 2.05) is 37.1 Å². The van der Waals surface area contributed by atoms with E-state index in [1.54, 1.807) is 12.1 Å². The van der Waals surface area contributed by atoms with Crippen LogP contribution in [0.15, 0.2) is 54.7 Å².